The molecule has 1 fully saturated rings. The summed E-state index contributed by atoms with van der Waals surface area (Å²) in [5.41, 5.74) is 3.97. The van der Waals surface area contributed by atoms with Gasteiger partial charge in [0.25, 0.3) is 0 Å². The highest BCUT2D eigenvalue weighted by Gasteiger charge is 2.20. The lowest BCUT2D eigenvalue weighted by molar-refractivity contribution is 0.629. The average molecular weight is 231 g/mol. The van der Waals surface area contributed by atoms with Crippen LogP contribution in [0.2, 0.25) is 0 Å². The highest BCUT2D eigenvalue weighted by molar-refractivity contribution is 5.27. The fourth-order valence-corrected chi connectivity index (χ4v) is 2.63. The minimum atomic E-state index is 0.786. The maximum Gasteiger partial charge on any atom is 0.130 e. The molecule has 1 heterocycles. The molecule has 0 atom stereocenters. The number of fused-ring (bicyclic) bond motifs is 1. The minimum Gasteiger partial charge on any atom is -0.314 e. The zero-order valence-electron chi connectivity index (χ0n) is 10.6. The van der Waals surface area contributed by atoms with Crippen LogP contribution in [0.15, 0.2) is 0 Å². The lowest BCUT2D eigenvalue weighted by Crippen LogP contribution is -2.21. The number of nitrogens with zero attached hydrogens (tertiary/aromatic N) is 2. The summed E-state index contributed by atoms with van der Waals surface area (Å²) in [5.74, 6) is 1.04. The molecule has 3 heteroatoms. The number of rotatable bonds is 4. The number of hydrogen-bond acceptors (Lipinski definition) is 3. The van der Waals surface area contributed by atoms with Gasteiger partial charge < -0.3 is 5.32 Å². The Morgan fingerprint density at radius 3 is 2.82 bits per heavy atom. The summed E-state index contributed by atoms with van der Waals surface area (Å²) in [6.45, 7) is 3.17. The largest absolute Gasteiger partial charge is 0.314 e. The zero-order valence-corrected chi connectivity index (χ0v) is 10.6. The Morgan fingerprint density at radius 1 is 1.18 bits per heavy atom. The zero-order chi connectivity index (χ0) is 11.7. The van der Waals surface area contributed by atoms with E-state index in [2.05, 4.69) is 17.2 Å². The van der Waals surface area contributed by atoms with Crippen molar-refractivity contribution in [2.45, 2.75) is 57.9 Å². The second-order valence-corrected chi connectivity index (χ2v) is 5.34. The molecule has 2 aliphatic carbocycles. The lowest BCUT2D eigenvalue weighted by atomic mass is 9.95. The van der Waals surface area contributed by atoms with Crippen LogP contribution in [0.4, 0.5) is 0 Å². The summed E-state index contributed by atoms with van der Waals surface area (Å²) in [6, 6.07) is 0.786. The van der Waals surface area contributed by atoms with Crippen molar-refractivity contribution in [2.24, 2.45) is 0 Å². The molecule has 0 radical (unpaired) electrons. The van der Waals surface area contributed by atoms with E-state index in [0.717, 1.165) is 31.3 Å². The van der Waals surface area contributed by atoms with Gasteiger partial charge in [0.2, 0.25) is 0 Å². The molecule has 0 spiro atoms. The van der Waals surface area contributed by atoms with Crippen molar-refractivity contribution in [1.29, 1.82) is 0 Å². The van der Waals surface area contributed by atoms with Crippen LogP contribution < -0.4 is 5.32 Å². The Kier molecular flexibility index (Phi) is 3.10. The van der Waals surface area contributed by atoms with Crippen molar-refractivity contribution in [2.75, 3.05) is 6.54 Å². The molecule has 0 aliphatic heterocycles. The molecule has 1 N–H and O–H groups in total. The Balaban J connectivity index is 1.68. The number of nitrogens with one attached hydrogen (secondary N) is 1. The van der Waals surface area contributed by atoms with E-state index in [1.165, 1.54) is 49.1 Å². The van der Waals surface area contributed by atoms with E-state index in [0.29, 0.717) is 0 Å². The summed E-state index contributed by atoms with van der Waals surface area (Å²) in [4.78, 5) is 9.39. The Labute approximate surface area is 103 Å². The highest BCUT2D eigenvalue weighted by atomic mass is 15.0. The molecule has 0 unspecified atom stereocenters. The molecule has 17 heavy (non-hydrogen) atoms. The van der Waals surface area contributed by atoms with Crippen molar-refractivity contribution in [3.05, 3.63) is 22.8 Å². The fourth-order valence-electron chi connectivity index (χ4n) is 2.63. The molecule has 0 saturated heterocycles. The van der Waals surface area contributed by atoms with Crippen LogP contribution in [0, 0.1) is 6.92 Å². The third-order valence-electron chi connectivity index (χ3n) is 3.80. The van der Waals surface area contributed by atoms with Gasteiger partial charge in [0.1, 0.15) is 5.82 Å². The molecule has 1 aromatic heterocycles. The first-order chi connectivity index (χ1) is 8.33. The van der Waals surface area contributed by atoms with Crippen LogP contribution in [0.5, 0.6) is 0 Å². The summed E-state index contributed by atoms with van der Waals surface area (Å²) in [5, 5.41) is 3.52. The standard InChI is InChI=1S/C14H21N3/c1-10-12-4-2-3-5-13(12)17-14(16-10)8-9-15-11-6-7-11/h11,15H,2-9H2,1H3. The summed E-state index contributed by atoms with van der Waals surface area (Å²) < 4.78 is 0. The predicted molar refractivity (Wildman–Crippen MR) is 68.1 cm³/mol. The first kappa shape index (κ1) is 11.1. The van der Waals surface area contributed by atoms with Crippen LogP contribution in [0.1, 0.15) is 48.5 Å². The van der Waals surface area contributed by atoms with Gasteiger partial charge in [-0.05, 0) is 51.0 Å². The molecule has 0 amide bonds. The van der Waals surface area contributed by atoms with Crippen LogP contribution in [-0.4, -0.2) is 22.6 Å². The monoisotopic (exact) mass is 231 g/mol. The van der Waals surface area contributed by atoms with Gasteiger partial charge in [-0.3, -0.25) is 0 Å². The number of hydrogen-bond donors (Lipinski definition) is 1. The van der Waals surface area contributed by atoms with Crippen molar-refractivity contribution in [3.8, 4) is 0 Å². The van der Waals surface area contributed by atoms with Gasteiger partial charge in [0.15, 0.2) is 0 Å². The molecule has 1 aromatic rings. The van der Waals surface area contributed by atoms with Crippen molar-refractivity contribution < 1.29 is 0 Å². The van der Waals surface area contributed by atoms with E-state index in [4.69, 9.17) is 4.98 Å². The first-order valence-corrected chi connectivity index (χ1v) is 6.91. The second-order valence-electron chi connectivity index (χ2n) is 5.34. The third-order valence-corrected chi connectivity index (χ3v) is 3.80. The van der Waals surface area contributed by atoms with E-state index >= 15 is 0 Å². The molecule has 3 rings (SSSR count). The quantitative estimate of drug-likeness (QED) is 0.860. The summed E-state index contributed by atoms with van der Waals surface area (Å²) in [7, 11) is 0. The van der Waals surface area contributed by atoms with Crippen molar-refractivity contribution in [1.82, 2.24) is 15.3 Å². The third kappa shape index (κ3) is 2.65. The Hall–Kier alpha value is -0.960. The van der Waals surface area contributed by atoms with Crippen LogP contribution >= 0.6 is 0 Å². The summed E-state index contributed by atoms with van der Waals surface area (Å²) >= 11 is 0. The normalized spacial score (nSPS) is 19.1. The van der Waals surface area contributed by atoms with Gasteiger partial charge in [-0.2, -0.15) is 0 Å². The molecule has 2 aliphatic rings. The van der Waals surface area contributed by atoms with Gasteiger partial charge in [0, 0.05) is 30.4 Å². The Bertz CT molecular complexity index is 410. The molecule has 92 valence electrons. The summed E-state index contributed by atoms with van der Waals surface area (Å²) in [6.07, 6.45) is 8.62. The Morgan fingerprint density at radius 2 is 2.00 bits per heavy atom. The molecular weight excluding hydrogens is 210 g/mol. The average Bonchev–Trinajstić information content (AvgIpc) is 3.13. The second kappa shape index (κ2) is 4.73. The van der Waals surface area contributed by atoms with E-state index in [1.807, 2.05) is 0 Å². The van der Waals surface area contributed by atoms with Gasteiger partial charge in [-0.15, -0.1) is 0 Å². The van der Waals surface area contributed by atoms with E-state index in [1.54, 1.807) is 0 Å². The number of aryl methyl sites for hydroxylation is 2. The van der Waals surface area contributed by atoms with Crippen molar-refractivity contribution in [3.63, 3.8) is 0 Å². The van der Waals surface area contributed by atoms with Crippen LogP contribution in [0.25, 0.3) is 0 Å². The van der Waals surface area contributed by atoms with Crippen LogP contribution in [0.3, 0.4) is 0 Å². The highest BCUT2D eigenvalue weighted by Crippen LogP contribution is 2.22. The minimum absolute atomic E-state index is 0.786. The maximum atomic E-state index is 4.74. The predicted octanol–water partition coefficient (Wildman–Crippen LogP) is 1.96. The number of aromatic nitrogens is 2. The maximum absolute atomic E-state index is 4.74. The van der Waals surface area contributed by atoms with Gasteiger partial charge in [0.05, 0.1) is 0 Å². The molecule has 3 nitrogen and oxygen atoms in total. The smallest absolute Gasteiger partial charge is 0.130 e. The lowest BCUT2D eigenvalue weighted by Gasteiger charge is -2.17. The van der Waals surface area contributed by atoms with Gasteiger partial charge in [-0.25, -0.2) is 9.97 Å². The van der Waals surface area contributed by atoms with E-state index in [-0.39, 0.29) is 0 Å². The first-order valence-electron chi connectivity index (χ1n) is 6.91. The van der Waals surface area contributed by atoms with Gasteiger partial charge in [-0.1, -0.05) is 0 Å². The van der Waals surface area contributed by atoms with Crippen molar-refractivity contribution >= 4 is 0 Å². The molecular formula is C14H21N3. The molecule has 1 saturated carbocycles. The molecule has 0 bridgehead atoms. The van der Waals surface area contributed by atoms with Crippen LogP contribution in [-0.2, 0) is 19.3 Å². The fraction of sp³-hybridized carbons (Fsp3) is 0.714. The van der Waals surface area contributed by atoms with E-state index in [9.17, 15) is 0 Å². The topological polar surface area (TPSA) is 37.8 Å². The molecule has 0 aromatic carbocycles. The van der Waals surface area contributed by atoms with Gasteiger partial charge >= 0.3 is 0 Å². The SMILES string of the molecule is Cc1nc(CCNC2CC2)nc2c1CCCC2. The van der Waals surface area contributed by atoms with E-state index < -0.39 is 0 Å².